The summed E-state index contributed by atoms with van der Waals surface area (Å²) in [5, 5.41) is 14.2. The van der Waals surface area contributed by atoms with Crippen molar-refractivity contribution in [2.75, 3.05) is 0 Å². The Balaban J connectivity index is 2.08. The van der Waals surface area contributed by atoms with E-state index in [1.165, 1.54) is 30.3 Å². The molecule has 0 saturated heterocycles. The van der Waals surface area contributed by atoms with Crippen molar-refractivity contribution in [3.63, 3.8) is 0 Å². The van der Waals surface area contributed by atoms with Crippen LogP contribution in [0.3, 0.4) is 0 Å². The molecule has 0 spiro atoms. The zero-order chi connectivity index (χ0) is 17.7. The maximum absolute atomic E-state index is 12.6. The van der Waals surface area contributed by atoms with Gasteiger partial charge < -0.3 is 0 Å². The smallest absolute Gasteiger partial charge is 0.267 e. The van der Waals surface area contributed by atoms with Crippen LogP contribution in [0.4, 0.5) is 18.9 Å². The molecule has 0 bridgehead atoms. The van der Waals surface area contributed by atoms with Gasteiger partial charge in [0.05, 0.1) is 16.7 Å². The lowest BCUT2D eigenvalue weighted by atomic mass is 10.1. The zero-order valence-electron chi connectivity index (χ0n) is 11.9. The van der Waals surface area contributed by atoms with Crippen molar-refractivity contribution >= 4 is 17.8 Å². The summed E-state index contributed by atoms with van der Waals surface area (Å²) in [6, 6.07) is 9.37. The van der Waals surface area contributed by atoms with E-state index in [-0.39, 0.29) is 16.8 Å². The molecule has 2 rings (SSSR count). The van der Waals surface area contributed by atoms with Gasteiger partial charge in [-0.3, -0.25) is 14.9 Å². The summed E-state index contributed by atoms with van der Waals surface area (Å²) in [7, 11) is 0. The Morgan fingerprint density at radius 1 is 1.17 bits per heavy atom. The molecule has 1 N–H and O–H groups in total. The minimum absolute atomic E-state index is 0.00499. The number of nitro benzene ring substituents is 1. The first-order chi connectivity index (χ1) is 11.3. The number of hydrogen-bond donors (Lipinski definition) is 1. The second-order valence-corrected chi connectivity index (χ2v) is 4.63. The predicted molar refractivity (Wildman–Crippen MR) is 79.6 cm³/mol. The van der Waals surface area contributed by atoms with Crippen LogP contribution >= 0.6 is 0 Å². The quantitative estimate of drug-likeness (QED) is 0.527. The minimum Gasteiger partial charge on any atom is -0.267 e. The molecule has 0 aliphatic heterocycles. The molecular weight excluding hydrogens is 327 g/mol. The Morgan fingerprint density at radius 3 is 2.54 bits per heavy atom. The van der Waals surface area contributed by atoms with Crippen LogP contribution in [0, 0.1) is 10.1 Å². The van der Waals surface area contributed by atoms with Crippen LogP contribution in [0.1, 0.15) is 21.5 Å². The van der Waals surface area contributed by atoms with Gasteiger partial charge in [-0.2, -0.15) is 18.3 Å². The molecule has 0 aliphatic rings. The molecule has 0 unspecified atom stereocenters. The minimum atomic E-state index is -4.48. The molecule has 24 heavy (non-hydrogen) atoms. The molecule has 2 aromatic carbocycles. The third-order valence-corrected chi connectivity index (χ3v) is 2.91. The van der Waals surface area contributed by atoms with Crippen LogP contribution in [-0.2, 0) is 6.18 Å². The number of hydrazone groups is 1. The summed E-state index contributed by atoms with van der Waals surface area (Å²) in [4.78, 5) is 21.8. The first-order valence-electron chi connectivity index (χ1n) is 6.52. The summed E-state index contributed by atoms with van der Waals surface area (Å²) < 4.78 is 37.7. The van der Waals surface area contributed by atoms with Crippen molar-refractivity contribution in [1.29, 1.82) is 0 Å². The number of alkyl halides is 3. The Labute approximate surface area is 133 Å². The van der Waals surface area contributed by atoms with E-state index >= 15 is 0 Å². The van der Waals surface area contributed by atoms with Gasteiger partial charge in [0, 0.05) is 17.7 Å². The standard InChI is InChI=1S/C15H10F3N3O3/c16-15(17,18)12-5-1-3-10(7-12)9-19-20-14(22)11-4-2-6-13(8-11)21(23)24/h1-9H,(H,20,22)/b19-9-. The highest BCUT2D eigenvalue weighted by Crippen LogP contribution is 2.29. The number of carbonyl (C=O) groups is 1. The fraction of sp³-hybridized carbons (Fsp3) is 0.0667. The lowest BCUT2D eigenvalue weighted by molar-refractivity contribution is -0.384. The van der Waals surface area contributed by atoms with Gasteiger partial charge in [-0.1, -0.05) is 18.2 Å². The third-order valence-electron chi connectivity index (χ3n) is 2.91. The van der Waals surface area contributed by atoms with E-state index in [0.717, 1.165) is 24.4 Å². The first kappa shape index (κ1) is 17.1. The molecule has 6 nitrogen and oxygen atoms in total. The topological polar surface area (TPSA) is 84.6 Å². The number of nitro groups is 1. The Hall–Kier alpha value is -3.23. The number of non-ortho nitro benzene ring substituents is 1. The predicted octanol–water partition coefficient (Wildman–Crippen LogP) is 3.38. The van der Waals surface area contributed by atoms with Crippen LogP contribution in [0.2, 0.25) is 0 Å². The van der Waals surface area contributed by atoms with Gasteiger partial charge in [0.1, 0.15) is 0 Å². The fourth-order valence-corrected chi connectivity index (χ4v) is 1.79. The van der Waals surface area contributed by atoms with E-state index in [2.05, 4.69) is 10.5 Å². The average molecular weight is 337 g/mol. The van der Waals surface area contributed by atoms with Crippen molar-refractivity contribution in [2.24, 2.45) is 5.10 Å². The molecule has 124 valence electrons. The van der Waals surface area contributed by atoms with Gasteiger partial charge >= 0.3 is 6.18 Å². The van der Waals surface area contributed by atoms with E-state index in [0.29, 0.717) is 0 Å². The summed E-state index contributed by atoms with van der Waals surface area (Å²) in [5.74, 6) is -0.720. The van der Waals surface area contributed by atoms with Crippen LogP contribution in [0.25, 0.3) is 0 Å². The highest BCUT2D eigenvalue weighted by atomic mass is 19.4. The maximum Gasteiger partial charge on any atom is 0.416 e. The number of nitrogens with zero attached hydrogens (tertiary/aromatic N) is 2. The Bertz CT molecular complexity index is 804. The molecule has 1 amide bonds. The van der Waals surface area contributed by atoms with Crippen LogP contribution < -0.4 is 5.43 Å². The first-order valence-corrected chi connectivity index (χ1v) is 6.52. The second-order valence-electron chi connectivity index (χ2n) is 4.63. The van der Waals surface area contributed by atoms with Crippen molar-refractivity contribution < 1.29 is 22.9 Å². The highest BCUT2D eigenvalue weighted by Gasteiger charge is 2.30. The van der Waals surface area contributed by atoms with Gasteiger partial charge in [0.2, 0.25) is 0 Å². The largest absolute Gasteiger partial charge is 0.416 e. The maximum atomic E-state index is 12.6. The number of hydrogen-bond acceptors (Lipinski definition) is 4. The molecule has 0 aromatic heterocycles. The molecule has 0 heterocycles. The number of rotatable bonds is 4. The Kier molecular flexibility index (Phi) is 4.93. The summed E-state index contributed by atoms with van der Waals surface area (Å²) >= 11 is 0. The van der Waals surface area contributed by atoms with Gasteiger partial charge in [-0.25, -0.2) is 5.43 Å². The SMILES string of the molecule is O=C(N/N=C\c1cccc(C(F)(F)F)c1)c1cccc([N+](=O)[O-])c1. The fourth-order valence-electron chi connectivity index (χ4n) is 1.79. The zero-order valence-corrected chi connectivity index (χ0v) is 11.9. The number of halogens is 3. The summed E-state index contributed by atoms with van der Waals surface area (Å²) in [5.41, 5.74) is 1.15. The Morgan fingerprint density at radius 2 is 1.88 bits per heavy atom. The average Bonchev–Trinajstić information content (AvgIpc) is 2.54. The molecule has 0 atom stereocenters. The lowest BCUT2D eigenvalue weighted by Crippen LogP contribution is -2.17. The number of benzene rings is 2. The van der Waals surface area contributed by atoms with Crippen molar-refractivity contribution in [3.8, 4) is 0 Å². The normalized spacial score (nSPS) is 11.5. The van der Waals surface area contributed by atoms with Gasteiger partial charge in [0.25, 0.3) is 11.6 Å². The molecule has 0 saturated carbocycles. The number of carbonyl (C=O) groups excluding carboxylic acids is 1. The second kappa shape index (κ2) is 6.90. The van der Waals surface area contributed by atoms with E-state index in [1.54, 1.807) is 0 Å². The van der Waals surface area contributed by atoms with Crippen LogP contribution in [0.15, 0.2) is 53.6 Å². The van der Waals surface area contributed by atoms with Crippen molar-refractivity contribution in [3.05, 3.63) is 75.3 Å². The van der Waals surface area contributed by atoms with Gasteiger partial charge in [-0.05, 0) is 23.8 Å². The highest BCUT2D eigenvalue weighted by molar-refractivity contribution is 5.95. The van der Waals surface area contributed by atoms with Crippen molar-refractivity contribution in [1.82, 2.24) is 5.43 Å². The molecular formula is C15H10F3N3O3. The monoisotopic (exact) mass is 337 g/mol. The summed E-state index contributed by atoms with van der Waals surface area (Å²) in [6.45, 7) is 0. The lowest BCUT2D eigenvalue weighted by Gasteiger charge is -2.06. The van der Waals surface area contributed by atoms with E-state index < -0.39 is 22.6 Å². The molecule has 0 radical (unpaired) electrons. The molecule has 2 aromatic rings. The van der Waals surface area contributed by atoms with Crippen molar-refractivity contribution in [2.45, 2.75) is 6.18 Å². The van der Waals surface area contributed by atoms with Crippen LogP contribution in [-0.4, -0.2) is 17.0 Å². The van der Waals surface area contributed by atoms with E-state index in [4.69, 9.17) is 0 Å². The summed E-state index contributed by atoms with van der Waals surface area (Å²) in [6.07, 6.45) is -3.43. The van der Waals surface area contributed by atoms with Gasteiger partial charge in [-0.15, -0.1) is 0 Å². The number of nitrogens with one attached hydrogen (secondary N) is 1. The number of amides is 1. The molecule has 0 aliphatic carbocycles. The van der Waals surface area contributed by atoms with Gasteiger partial charge in [0.15, 0.2) is 0 Å². The molecule has 0 fully saturated rings. The van der Waals surface area contributed by atoms with E-state index in [9.17, 15) is 28.1 Å². The van der Waals surface area contributed by atoms with Crippen LogP contribution in [0.5, 0.6) is 0 Å². The van der Waals surface area contributed by atoms with E-state index in [1.807, 2.05) is 0 Å². The third kappa shape index (κ3) is 4.38. The molecule has 9 heteroatoms.